The van der Waals surface area contributed by atoms with Crippen LogP contribution in [-0.4, -0.2) is 20.2 Å². The Labute approximate surface area is 113 Å². The van der Waals surface area contributed by atoms with Gasteiger partial charge in [-0.2, -0.15) is 0 Å². The van der Waals surface area contributed by atoms with Crippen molar-refractivity contribution in [1.82, 2.24) is 5.32 Å². The molecule has 1 unspecified atom stereocenters. The second kappa shape index (κ2) is 6.24. The lowest BCUT2D eigenvalue weighted by Gasteiger charge is -2.16. The van der Waals surface area contributed by atoms with Gasteiger partial charge < -0.3 is 10.5 Å². The van der Waals surface area contributed by atoms with Crippen molar-refractivity contribution in [3.63, 3.8) is 0 Å². The van der Waals surface area contributed by atoms with E-state index in [-0.39, 0.29) is 6.04 Å². The van der Waals surface area contributed by atoms with Gasteiger partial charge in [0, 0.05) is 12.6 Å². The summed E-state index contributed by atoms with van der Waals surface area (Å²) in [5.74, 6) is 3.43. The third-order valence-electron chi connectivity index (χ3n) is 3.16. The first kappa shape index (κ1) is 13.4. The Morgan fingerprint density at radius 3 is 2.68 bits per heavy atom. The molecule has 2 aromatic rings. The largest absolute Gasteiger partial charge is 0.497 e. The van der Waals surface area contributed by atoms with Gasteiger partial charge in [0.05, 0.1) is 13.7 Å². The van der Waals surface area contributed by atoms with E-state index in [2.05, 4.69) is 29.4 Å². The lowest BCUT2D eigenvalue weighted by atomic mass is 10.0. The van der Waals surface area contributed by atoms with Crippen LogP contribution in [0.3, 0.4) is 0 Å². The van der Waals surface area contributed by atoms with Gasteiger partial charge in [-0.1, -0.05) is 24.1 Å². The SMILES string of the molecule is C#CCNC(CN)c1ccc2cc(OC)ccc2c1. The van der Waals surface area contributed by atoms with E-state index in [9.17, 15) is 0 Å². The highest BCUT2D eigenvalue weighted by Crippen LogP contribution is 2.24. The average Bonchev–Trinajstić information content (AvgIpc) is 2.47. The summed E-state index contributed by atoms with van der Waals surface area (Å²) in [4.78, 5) is 0. The number of ether oxygens (including phenoxy) is 1. The van der Waals surface area contributed by atoms with E-state index in [4.69, 9.17) is 16.9 Å². The van der Waals surface area contributed by atoms with Gasteiger partial charge >= 0.3 is 0 Å². The van der Waals surface area contributed by atoms with Crippen LogP contribution in [0.25, 0.3) is 10.8 Å². The number of nitrogens with two attached hydrogens (primary N) is 1. The number of fused-ring (bicyclic) bond motifs is 1. The second-order valence-corrected chi connectivity index (χ2v) is 4.35. The van der Waals surface area contributed by atoms with Gasteiger partial charge in [-0.15, -0.1) is 6.42 Å². The fraction of sp³-hybridized carbons (Fsp3) is 0.250. The van der Waals surface area contributed by atoms with Crippen molar-refractivity contribution in [2.24, 2.45) is 5.73 Å². The highest BCUT2D eigenvalue weighted by molar-refractivity contribution is 5.84. The third kappa shape index (κ3) is 3.05. The van der Waals surface area contributed by atoms with Crippen LogP contribution < -0.4 is 15.8 Å². The Hall–Kier alpha value is -2.02. The Kier molecular flexibility index (Phi) is 4.40. The van der Waals surface area contributed by atoms with Gasteiger partial charge in [-0.25, -0.2) is 0 Å². The lowest BCUT2D eigenvalue weighted by Crippen LogP contribution is -2.28. The van der Waals surface area contributed by atoms with Gasteiger partial charge in [0.25, 0.3) is 0 Å². The normalized spacial score (nSPS) is 12.1. The molecule has 0 heterocycles. The van der Waals surface area contributed by atoms with Gasteiger partial charge in [0.2, 0.25) is 0 Å². The van der Waals surface area contributed by atoms with Crippen LogP contribution >= 0.6 is 0 Å². The zero-order valence-electron chi connectivity index (χ0n) is 11.0. The molecule has 2 aromatic carbocycles. The molecule has 0 bridgehead atoms. The van der Waals surface area contributed by atoms with Crippen molar-refractivity contribution in [3.05, 3.63) is 42.0 Å². The van der Waals surface area contributed by atoms with E-state index in [1.807, 2.05) is 18.2 Å². The molecule has 2 rings (SSSR count). The number of rotatable bonds is 5. The maximum absolute atomic E-state index is 5.78. The van der Waals surface area contributed by atoms with Crippen molar-refractivity contribution >= 4 is 10.8 Å². The van der Waals surface area contributed by atoms with Crippen LogP contribution in [-0.2, 0) is 0 Å². The van der Waals surface area contributed by atoms with Crippen LogP contribution in [0, 0.1) is 12.3 Å². The van der Waals surface area contributed by atoms with Crippen molar-refractivity contribution in [1.29, 1.82) is 0 Å². The predicted octanol–water partition coefficient (Wildman–Crippen LogP) is 2.07. The van der Waals surface area contributed by atoms with Crippen LogP contribution in [0.2, 0.25) is 0 Å². The topological polar surface area (TPSA) is 47.3 Å². The highest BCUT2D eigenvalue weighted by atomic mass is 16.5. The quantitative estimate of drug-likeness (QED) is 0.803. The predicted molar refractivity (Wildman–Crippen MR) is 79.1 cm³/mol. The van der Waals surface area contributed by atoms with Gasteiger partial charge in [-0.05, 0) is 34.5 Å². The number of nitrogens with one attached hydrogen (secondary N) is 1. The van der Waals surface area contributed by atoms with E-state index in [1.165, 1.54) is 5.39 Å². The molecule has 1 atom stereocenters. The number of hydrogen-bond donors (Lipinski definition) is 2. The molecule has 3 N–H and O–H groups in total. The van der Waals surface area contributed by atoms with Crippen molar-refractivity contribution in [2.45, 2.75) is 6.04 Å². The molecule has 3 nitrogen and oxygen atoms in total. The number of benzene rings is 2. The van der Waals surface area contributed by atoms with E-state index >= 15 is 0 Å². The van der Waals surface area contributed by atoms with Crippen LogP contribution in [0.5, 0.6) is 5.75 Å². The van der Waals surface area contributed by atoms with Crippen molar-refractivity contribution in [2.75, 3.05) is 20.2 Å². The number of hydrogen-bond acceptors (Lipinski definition) is 3. The summed E-state index contributed by atoms with van der Waals surface area (Å²) in [6.45, 7) is 1.03. The van der Waals surface area contributed by atoms with Gasteiger partial charge in [0.1, 0.15) is 5.75 Å². The fourth-order valence-corrected chi connectivity index (χ4v) is 2.11. The van der Waals surface area contributed by atoms with Crippen molar-refractivity contribution < 1.29 is 4.74 Å². The summed E-state index contributed by atoms with van der Waals surface area (Å²) in [6.07, 6.45) is 5.26. The first-order valence-electron chi connectivity index (χ1n) is 6.23. The molecule has 19 heavy (non-hydrogen) atoms. The summed E-state index contributed by atoms with van der Waals surface area (Å²) in [7, 11) is 1.67. The zero-order valence-corrected chi connectivity index (χ0v) is 11.0. The molecule has 0 aliphatic carbocycles. The number of methoxy groups -OCH3 is 1. The first-order valence-corrected chi connectivity index (χ1v) is 6.23. The molecular formula is C16H18N2O. The molecule has 0 radical (unpaired) electrons. The lowest BCUT2D eigenvalue weighted by molar-refractivity contribution is 0.415. The molecule has 0 aliphatic heterocycles. The van der Waals surface area contributed by atoms with Crippen LogP contribution in [0.4, 0.5) is 0 Å². The van der Waals surface area contributed by atoms with Gasteiger partial charge in [-0.3, -0.25) is 5.32 Å². The maximum atomic E-state index is 5.78. The van der Waals surface area contributed by atoms with Crippen LogP contribution in [0.15, 0.2) is 36.4 Å². The molecule has 0 spiro atoms. The molecule has 0 saturated heterocycles. The molecule has 98 valence electrons. The Morgan fingerprint density at radius 2 is 2.00 bits per heavy atom. The fourth-order valence-electron chi connectivity index (χ4n) is 2.11. The molecule has 0 fully saturated rings. The minimum atomic E-state index is 0.0857. The summed E-state index contributed by atoms with van der Waals surface area (Å²) in [5, 5.41) is 5.55. The minimum Gasteiger partial charge on any atom is -0.497 e. The van der Waals surface area contributed by atoms with Gasteiger partial charge in [0.15, 0.2) is 0 Å². The molecule has 0 saturated carbocycles. The standard InChI is InChI=1S/C16H18N2O/c1-3-8-18-16(11-17)14-5-4-13-10-15(19-2)7-6-12(13)9-14/h1,4-7,9-10,16,18H,8,11,17H2,2H3. The maximum Gasteiger partial charge on any atom is 0.119 e. The third-order valence-corrected chi connectivity index (χ3v) is 3.16. The first-order chi connectivity index (χ1) is 9.28. The summed E-state index contributed by atoms with van der Waals surface area (Å²) < 4.78 is 5.22. The zero-order chi connectivity index (χ0) is 13.7. The Bertz CT molecular complexity index is 601. The second-order valence-electron chi connectivity index (χ2n) is 4.35. The average molecular weight is 254 g/mol. The Balaban J connectivity index is 2.32. The molecular weight excluding hydrogens is 236 g/mol. The molecule has 0 aliphatic rings. The van der Waals surface area contributed by atoms with Crippen LogP contribution in [0.1, 0.15) is 11.6 Å². The monoisotopic (exact) mass is 254 g/mol. The summed E-state index contributed by atoms with van der Waals surface area (Å²) in [6, 6.07) is 12.4. The minimum absolute atomic E-state index is 0.0857. The van der Waals surface area contributed by atoms with Crippen molar-refractivity contribution in [3.8, 4) is 18.1 Å². The molecule has 0 aromatic heterocycles. The Morgan fingerprint density at radius 1 is 1.26 bits per heavy atom. The molecule has 0 amide bonds. The summed E-state index contributed by atoms with van der Waals surface area (Å²) >= 11 is 0. The van der Waals surface area contributed by atoms with E-state index in [0.717, 1.165) is 16.7 Å². The van der Waals surface area contributed by atoms with E-state index in [0.29, 0.717) is 13.1 Å². The van der Waals surface area contributed by atoms with E-state index < -0.39 is 0 Å². The number of terminal acetylenes is 1. The van der Waals surface area contributed by atoms with E-state index in [1.54, 1.807) is 7.11 Å². The smallest absolute Gasteiger partial charge is 0.119 e. The summed E-state index contributed by atoms with van der Waals surface area (Å²) in [5.41, 5.74) is 6.93. The molecule has 3 heteroatoms. The highest BCUT2D eigenvalue weighted by Gasteiger charge is 2.08.